The van der Waals surface area contributed by atoms with Gasteiger partial charge in [-0.05, 0) is 18.2 Å². The number of aliphatic hydroxyl groups is 1. The molecule has 4 nitrogen and oxygen atoms in total. The summed E-state index contributed by atoms with van der Waals surface area (Å²) in [6.45, 7) is -0.456. The summed E-state index contributed by atoms with van der Waals surface area (Å²) in [7, 11) is -2.24. The first-order valence-electron chi connectivity index (χ1n) is 4.30. The second-order valence-corrected chi connectivity index (χ2v) is 5.11. The van der Waals surface area contributed by atoms with Crippen LogP contribution in [0.25, 0.3) is 0 Å². The molecule has 0 fully saturated rings. The minimum atomic E-state index is -3.56. The van der Waals surface area contributed by atoms with Gasteiger partial charge in [-0.25, -0.2) is 12.8 Å². The van der Waals surface area contributed by atoms with E-state index in [-0.39, 0.29) is 11.4 Å². The minimum absolute atomic E-state index is 0.239. The third-order valence-corrected chi connectivity index (χ3v) is 3.68. The number of sulfonamides is 1. The van der Waals surface area contributed by atoms with Crippen molar-refractivity contribution in [2.24, 2.45) is 0 Å². The quantitative estimate of drug-likeness (QED) is 0.827. The summed E-state index contributed by atoms with van der Waals surface area (Å²) >= 11 is 0. The number of nitrogens with zero attached hydrogens (tertiary/aromatic N) is 1. The number of hydrogen-bond acceptors (Lipinski definition) is 3. The lowest BCUT2D eigenvalue weighted by Crippen LogP contribution is -2.30. The lowest BCUT2D eigenvalue weighted by Gasteiger charge is -2.18. The third-order valence-electron chi connectivity index (χ3n) is 1.94. The van der Waals surface area contributed by atoms with Crippen molar-refractivity contribution in [2.45, 2.75) is 0 Å². The van der Waals surface area contributed by atoms with Gasteiger partial charge < -0.3 is 5.11 Å². The molecular formula is C9H12FNO3S. The molecule has 0 atom stereocenters. The van der Waals surface area contributed by atoms with Crippen molar-refractivity contribution in [2.75, 3.05) is 23.7 Å². The normalized spacial score (nSPS) is 11.4. The Balaban J connectivity index is 2.99. The molecule has 15 heavy (non-hydrogen) atoms. The van der Waals surface area contributed by atoms with Crippen LogP contribution in [-0.2, 0) is 10.0 Å². The zero-order chi connectivity index (χ0) is 11.5. The zero-order valence-electron chi connectivity index (χ0n) is 8.22. The van der Waals surface area contributed by atoms with Gasteiger partial charge in [0.25, 0.3) is 0 Å². The molecule has 1 N–H and O–H groups in total. The molecule has 1 aromatic rings. The van der Waals surface area contributed by atoms with Gasteiger partial charge in [0.1, 0.15) is 5.82 Å². The number of halogens is 1. The molecular weight excluding hydrogens is 221 g/mol. The van der Waals surface area contributed by atoms with Crippen LogP contribution >= 0.6 is 0 Å². The molecule has 1 rings (SSSR count). The molecule has 0 bridgehead atoms. The molecule has 6 heteroatoms. The van der Waals surface area contributed by atoms with Crippen molar-refractivity contribution in [1.29, 1.82) is 0 Å². The molecule has 0 aromatic heterocycles. The number of anilines is 1. The maximum Gasteiger partial charge on any atom is 0.237 e. The summed E-state index contributed by atoms with van der Waals surface area (Å²) in [4.78, 5) is 0. The van der Waals surface area contributed by atoms with Gasteiger partial charge in [-0.1, -0.05) is 6.07 Å². The van der Waals surface area contributed by atoms with Crippen molar-refractivity contribution in [3.05, 3.63) is 30.1 Å². The second kappa shape index (κ2) is 4.59. The Bertz CT molecular complexity index is 433. The van der Waals surface area contributed by atoms with E-state index < -0.39 is 22.4 Å². The van der Waals surface area contributed by atoms with E-state index in [4.69, 9.17) is 5.11 Å². The summed E-state index contributed by atoms with van der Waals surface area (Å²) in [6, 6.07) is 5.26. The van der Waals surface area contributed by atoms with Crippen molar-refractivity contribution < 1.29 is 17.9 Å². The highest BCUT2D eigenvalue weighted by molar-refractivity contribution is 7.92. The largest absolute Gasteiger partial charge is 0.395 e. The first-order valence-corrected chi connectivity index (χ1v) is 5.91. The summed E-state index contributed by atoms with van der Waals surface area (Å²) < 4.78 is 36.8. The van der Waals surface area contributed by atoms with Crippen LogP contribution in [0.1, 0.15) is 0 Å². The van der Waals surface area contributed by atoms with E-state index in [9.17, 15) is 12.8 Å². The Kier molecular flexibility index (Phi) is 3.65. The number of hydrogen-bond donors (Lipinski definition) is 1. The monoisotopic (exact) mass is 233 g/mol. The van der Waals surface area contributed by atoms with Gasteiger partial charge in [0.15, 0.2) is 0 Å². The van der Waals surface area contributed by atoms with Gasteiger partial charge in [0.05, 0.1) is 18.0 Å². The van der Waals surface area contributed by atoms with Crippen molar-refractivity contribution in [1.82, 2.24) is 0 Å². The molecule has 0 amide bonds. The van der Waals surface area contributed by atoms with E-state index in [0.29, 0.717) is 0 Å². The topological polar surface area (TPSA) is 57.6 Å². The third kappa shape index (κ3) is 2.90. The molecule has 0 saturated heterocycles. The SMILES string of the molecule is CN(c1cccc(F)c1)S(=O)(=O)CCO. The van der Waals surface area contributed by atoms with Crippen LogP contribution < -0.4 is 4.31 Å². The Labute approximate surface area is 88.0 Å². The van der Waals surface area contributed by atoms with E-state index in [1.165, 1.54) is 25.2 Å². The van der Waals surface area contributed by atoms with E-state index in [1.807, 2.05) is 0 Å². The smallest absolute Gasteiger partial charge is 0.237 e. The van der Waals surface area contributed by atoms with Gasteiger partial charge in [-0.3, -0.25) is 4.31 Å². The summed E-state index contributed by atoms with van der Waals surface area (Å²) in [6.07, 6.45) is 0. The second-order valence-electron chi connectivity index (χ2n) is 2.99. The fourth-order valence-corrected chi connectivity index (χ4v) is 2.02. The molecule has 0 radical (unpaired) electrons. The van der Waals surface area contributed by atoms with Crippen molar-refractivity contribution in [3.63, 3.8) is 0 Å². The predicted molar refractivity (Wildman–Crippen MR) is 55.7 cm³/mol. The van der Waals surface area contributed by atoms with Gasteiger partial charge in [0.2, 0.25) is 10.0 Å². The number of aliphatic hydroxyl groups excluding tert-OH is 1. The molecule has 0 aliphatic carbocycles. The van der Waals surface area contributed by atoms with Crippen LogP contribution in [0.4, 0.5) is 10.1 Å². The highest BCUT2D eigenvalue weighted by Gasteiger charge is 2.17. The van der Waals surface area contributed by atoms with E-state index >= 15 is 0 Å². The highest BCUT2D eigenvalue weighted by atomic mass is 32.2. The minimum Gasteiger partial charge on any atom is -0.395 e. The first kappa shape index (κ1) is 11.9. The lowest BCUT2D eigenvalue weighted by molar-refractivity contribution is 0.319. The molecule has 0 spiro atoms. The molecule has 0 unspecified atom stereocenters. The Hall–Kier alpha value is -1.14. The Morgan fingerprint density at radius 1 is 1.47 bits per heavy atom. The van der Waals surface area contributed by atoms with Crippen molar-refractivity contribution in [3.8, 4) is 0 Å². The van der Waals surface area contributed by atoms with E-state index in [1.54, 1.807) is 0 Å². The molecule has 0 aliphatic rings. The lowest BCUT2D eigenvalue weighted by atomic mass is 10.3. The van der Waals surface area contributed by atoms with Gasteiger partial charge in [-0.2, -0.15) is 0 Å². The Morgan fingerprint density at radius 2 is 2.13 bits per heavy atom. The molecule has 1 aromatic carbocycles. The molecule has 0 saturated carbocycles. The van der Waals surface area contributed by atoms with Crippen LogP contribution in [-0.4, -0.2) is 32.9 Å². The maximum absolute atomic E-state index is 12.8. The zero-order valence-corrected chi connectivity index (χ0v) is 9.04. The predicted octanol–water partition coefficient (Wildman–Crippen LogP) is 0.584. The number of rotatable bonds is 4. The molecule has 84 valence electrons. The fraction of sp³-hybridized carbons (Fsp3) is 0.333. The van der Waals surface area contributed by atoms with Crippen LogP contribution in [0.2, 0.25) is 0 Å². The van der Waals surface area contributed by atoms with E-state index in [0.717, 1.165) is 10.4 Å². The van der Waals surface area contributed by atoms with Gasteiger partial charge >= 0.3 is 0 Å². The average molecular weight is 233 g/mol. The van der Waals surface area contributed by atoms with Gasteiger partial charge in [-0.15, -0.1) is 0 Å². The van der Waals surface area contributed by atoms with Crippen LogP contribution in [0, 0.1) is 5.82 Å². The Morgan fingerprint density at radius 3 is 2.67 bits per heavy atom. The standard InChI is InChI=1S/C9H12FNO3S/c1-11(15(13,14)6-5-12)9-4-2-3-8(10)7-9/h2-4,7,12H,5-6H2,1H3. The van der Waals surface area contributed by atoms with Crippen LogP contribution in [0.5, 0.6) is 0 Å². The van der Waals surface area contributed by atoms with Crippen LogP contribution in [0.15, 0.2) is 24.3 Å². The first-order chi connectivity index (χ1) is 6.97. The average Bonchev–Trinajstić information content (AvgIpc) is 2.16. The van der Waals surface area contributed by atoms with Crippen LogP contribution in [0.3, 0.4) is 0 Å². The fourth-order valence-electron chi connectivity index (χ4n) is 1.08. The van der Waals surface area contributed by atoms with Gasteiger partial charge in [0, 0.05) is 7.05 Å². The summed E-state index contributed by atoms with van der Waals surface area (Å²) in [5.41, 5.74) is 0.239. The summed E-state index contributed by atoms with van der Waals surface area (Å²) in [5.74, 6) is -0.876. The highest BCUT2D eigenvalue weighted by Crippen LogP contribution is 2.17. The summed E-state index contributed by atoms with van der Waals surface area (Å²) in [5, 5.41) is 8.57. The van der Waals surface area contributed by atoms with E-state index in [2.05, 4.69) is 0 Å². The number of benzene rings is 1. The molecule has 0 heterocycles. The van der Waals surface area contributed by atoms with Crippen molar-refractivity contribution >= 4 is 15.7 Å². The molecule has 0 aliphatic heterocycles. The maximum atomic E-state index is 12.8.